The van der Waals surface area contributed by atoms with Crippen LogP contribution in [0.3, 0.4) is 0 Å². The van der Waals surface area contributed by atoms with Crippen LogP contribution in [0.5, 0.6) is 0 Å². The van der Waals surface area contributed by atoms with Gasteiger partial charge in [0.05, 0.1) is 12.3 Å². The Morgan fingerprint density at radius 3 is 2.32 bits per heavy atom. The Hall–Kier alpha value is -2.48. The molecule has 3 heterocycles. The van der Waals surface area contributed by atoms with Crippen LogP contribution in [0.25, 0.3) is 11.3 Å². The summed E-state index contributed by atoms with van der Waals surface area (Å²) in [6, 6.07) is 8.44. The molecular formula is C23H31ClN6O. The van der Waals surface area contributed by atoms with Crippen molar-refractivity contribution < 1.29 is 4.74 Å². The van der Waals surface area contributed by atoms with Crippen molar-refractivity contribution in [1.29, 1.82) is 0 Å². The molecule has 1 aliphatic heterocycles. The number of halogens is 1. The number of hydrogen-bond acceptors (Lipinski definition) is 6. The molecule has 0 saturated carbocycles. The van der Waals surface area contributed by atoms with E-state index in [4.69, 9.17) is 4.74 Å². The van der Waals surface area contributed by atoms with E-state index >= 15 is 0 Å². The van der Waals surface area contributed by atoms with Crippen LogP contribution in [0, 0.1) is 6.92 Å². The molecule has 0 radical (unpaired) electrons. The van der Waals surface area contributed by atoms with Crippen molar-refractivity contribution in [3.8, 4) is 11.3 Å². The Balaban J connectivity index is 0.00000272. The van der Waals surface area contributed by atoms with E-state index in [1.807, 2.05) is 17.9 Å². The number of hydrogen-bond donors (Lipinski definition) is 0. The van der Waals surface area contributed by atoms with E-state index in [9.17, 15) is 0 Å². The molecule has 31 heavy (non-hydrogen) atoms. The number of rotatable bonds is 6. The van der Waals surface area contributed by atoms with Gasteiger partial charge in [-0.25, -0.2) is 4.98 Å². The molecule has 1 aromatic carbocycles. The van der Waals surface area contributed by atoms with E-state index < -0.39 is 0 Å². The zero-order valence-electron chi connectivity index (χ0n) is 18.7. The summed E-state index contributed by atoms with van der Waals surface area (Å²) in [5, 5.41) is 4.37. The minimum atomic E-state index is 0. The molecule has 166 valence electrons. The standard InChI is InChI=1S/C23H30N6O.ClH/c1-17-21(15-26-27(17)3)16-28-11-13-29(14-12-28)23-22(24-9-10-25-23)20-7-5-19(6-8-20)18(2)30-4;/h5-10,15,18H,11-14,16H2,1-4H3;1H. The maximum Gasteiger partial charge on any atom is 0.155 e. The normalized spacial score (nSPS) is 15.5. The molecule has 3 aromatic rings. The molecule has 0 N–H and O–H groups in total. The zero-order valence-corrected chi connectivity index (χ0v) is 19.5. The molecule has 8 heteroatoms. The van der Waals surface area contributed by atoms with Crippen LogP contribution < -0.4 is 4.90 Å². The van der Waals surface area contributed by atoms with Crippen LogP contribution in [-0.2, 0) is 18.3 Å². The highest BCUT2D eigenvalue weighted by Gasteiger charge is 2.22. The summed E-state index contributed by atoms with van der Waals surface area (Å²) in [6.45, 7) is 8.98. The van der Waals surface area contributed by atoms with Gasteiger partial charge in [-0.1, -0.05) is 24.3 Å². The van der Waals surface area contributed by atoms with Crippen molar-refractivity contribution in [2.45, 2.75) is 26.5 Å². The molecule has 1 unspecified atom stereocenters. The lowest BCUT2D eigenvalue weighted by atomic mass is 10.1. The topological polar surface area (TPSA) is 59.3 Å². The van der Waals surface area contributed by atoms with Gasteiger partial charge in [-0.15, -0.1) is 12.4 Å². The van der Waals surface area contributed by atoms with E-state index in [0.717, 1.165) is 55.4 Å². The van der Waals surface area contributed by atoms with Crippen molar-refractivity contribution >= 4 is 18.2 Å². The lowest BCUT2D eigenvalue weighted by Gasteiger charge is -2.35. The van der Waals surface area contributed by atoms with E-state index in [-0.39, 0.29) is 18.5 Å². The molecule has 0 aliphatic carbocycles. The molecular weight excluding hydrogens is 412 g/mol. The maximum atomic E-state index is 5.42. The summed E-state index contributed by atoms with van der Waals surface area (Å²) in [6.07, 6.45) is 5.62. The van der Waals surface area contributed by atoms with Gasteiger partial charge in [0, 0.05) is 76.1 Å². The molecule has 1 saturated heterocycles. The zero-order chi connectivity index (χ0) is 21.1. The van der Waals surface area contributed by atoms with Gasteiger partial charge >= 0.3 is 0 Å². The third kappa shape index (κ3) is 5.06. The molecule has 1 aliphatic rings. The third-order valence-corrected chi connectivity index (χ3v) is 6.09. The summed E-state index contributed by atoms with van der Waals surface area (Å²) in [5.74, 6) is 0.960. The molecule has 7 nitrogen and oxygen atoms in total. The second-order valence-corrected chi connectivity index (χ2v) is 7.87. The largest absolute Gasteiger partial charge is 0.377 e. The van der Waals surface area contributed by atoms with E-state index in [1.54, 1.807) is 19.5 Å². The summed E-state index contributed by atoms with van der Waals surface area (Å²) >= 11 is 0. The predicted octanol–water partition coefficient (Wildman–Crippen LogP) is 3.64. The van der Waals surface area contributed by atoms with Crippen molar-refractivity contribution in [3.63, 3.8) is 0 Å². The minimum Gasteiger partial charge on any atom is -0.377 e. The van der Waals surface area contributed by atoms with Crippen molar-refractivity contribution in [1.82, 2.24) is 24.6 Å². The van der Waals surface area contributed by atoms with Gasteiger partial charge in [0.2, 0.25) is 0 Å². The number of aromatic nitrogens is 4. The number of anilines is 1. The fourth-order valence-electron chi connectivity index (χ4n) is 3.87. The summed E-state index contributed by atoms with van der Waals surface area (Å²) in [5.41, 5.74) is 5.71. The van der Waals surface area contributed by atoms with Crippen LogP contribution in [0.1, 0.15) is 29.8 Å². The smallest absolute Gasteiger partial charge is 0.155 e. The Labute approximate surface area is 190 Å². The maximum absolute atomic E-state index is 5.42. The van der Waals surface area contributed by atoms with Gasteiger partial charge < -0.3 is 9.64 Å². The fraction of sp³-hybridized carbons (Fsp3) is 0.435. The Morgan fingerprint density at radius 1 is 1.03 bits per heavy atom. The molecule has 4 rings (SSSR count). The molecule has 1 atom stereocenters. The van der Waals surface area contributed by atoms with Gasteiger partial charge in [-0.05, 0) is 19.4 Å². The van der Waals surface area contributed by atoms with Gasteiger partial charge in [0.15, 0.2) is 5.82 Å². The molecule has 1 fully saturated rings. The number of aryl methyl sites for hydroxylation is 1. The van der Waals surface area contributed by atoms with E-state index in [2.05, 4.69) is 63.0 Å². The third-order valence-electron chi connectivity index (χ3n) is 6.09. The number of ether oxygens (including phenoxy) is 1. The monoisotopic (exact) mass is 442 g/mol. The van der Waals surface area contributed by atoms with Crippen LogP contribution in [0.4, 0.5) is 5.82 Å². The minimum absolute atomic E-state index is 0. The number of piperazine rings is 1. The Kier molecular flexibility index (Phi) is 7.64. The highest BCUT2D eigenvalue weighted by atomic mass is 35.5. The second kappa shape index (κ2) is 10.2. The molecule has 2 aromatic heterocycles. The van der Waals surface area contributed by atoms with E-state index in [0.29, 0.717) is 0 Å². The van der Waals surface area contributed by atoms with E-state index in [1.165, 1.54) is 11.3 Å². The average Bonchev–Trinajstić information content (AvgIpc) is 3.11. The van der Waals surface area contributed by atoms with Crippen molar-refractivity contribution in [3.05, 3.63) is 59.7 Å². The summed E-state index contributed by atoms with van der Waals surface area (Å²) in [7, 11) is 3.73. The first-order chi connectivity index (χ1) is 14.6. The van der Waals surface area contributed by atoms with Gasteiger partial charge in [0.25, 0.3) is 0 Å². The van der Waals surface area contributed by atoms with Gasteiger partial charge in [0.1, 0.15) is 5.69 Å². The van der Waals surface area contributed by atoms with Gasteiger partial charge in [-0.2, -0.15) is 5.10 Å². The quantitative estimate of drug-likeness (QED) is 0.581. The Morgan fingerprint density at radius 2 is 1.71 bits per heavy atom. The Bertz CT molecular complexity index is 982. The molecule has 0 bridgehead atoms. The highest BCUT2D eigenvalue weighted by Crippen LogP contribution is 2.29. The first kappa shape index (κ1) is 23.2. The first-order valence-corrected chi connectivity index (χ1v) is 10.5. The van der Waals surface area contributed by atoms with Crippen LogP contribution >= 0.6 is 12.4 Å². The van der Waals surface area contributed by atoms with Crippen LogP contribution in [-0.4, -0.2) is 57.9 Å². The van der Waals surface area contributed by atoms with Crippen molar-refractivity contribution in [2.24, 2.45) is 7.05 Å². The molecule has 0 spiro atoms. The average molecular weight is 443 g/mol. The van der Waals surface area contributed by atoms with Gasteiger partial charge in [-0.3, -0.25) is 14.6 Å². The van der Waals surface area contributed by atoms with Crippen LogP contribution in [0.15, 0.2) is 42.9 Å². The van der Waals surface area contributed by atoms with Crippen molar-refractivity contribution in [2.75, 3.05) is 38.2 Å². The highest BCUT2D eigenvalue weighted by molar-refractivity contribution is 5.85. The second-order valence-electron chi connectivity index (χ2n) is 7.87. The lowest BCUT2D eigenvalue weighted by Crippen LogP contribution is -2.46. The number of methoxy groups -OCH3 is 1. The predicted molar refractivity (Wildman–Crippen MR) is 126 cm³/mol. The number of benzene rings is 1. The van der Waals surface area contributed by atoms with Crippen LogP contribution in [0.2, 0.25) is 0 Å². The SMILES string of the molecule is COC(C)c1ccc(-c2nccnc2N2CCN(Cc3cnn(C)c3C)CC2)cc1.Cl. The lowest BCUT2D eigenvalue weighted by molar-refractivity contribution is 0.119. The first-order valence-electron chi connectivity index (χ1n) is 10.5. The number of nitrogens with zero attached hydrogens (tertiary/aromatic N) is 6. The fourth-order valence-corrected chi connectivity index (χ4v) is 3.87. The summed E-state index contributed by atoms with van der Waals surface area (Å²) in [4.78, 5) is 14.2. The summed E-state index contributed by atoms with van der Waals surface area (Å²) < 4.78 is 7.36. The molecule has 0 amide bonds.